The van der Waals surface area contributed by atoms with E-state index in [0.29, 0.717) is 18.5 Å². The van der Waals surface area contributed by atoms with Gasteiger partial charge in [0.15, 0.2) is 0 Å². The highest BCUT2D eigenvalue weighted by Gasteiger charge is 2.14. The first-order valence-electron chi connectivity index (χ1n) is 6.96. The summed E-state index contributed by atoms with van der Waals surface area (Å²) in [6.07, 6.45) is 0.703. The number of hydrogen-bond acceptors (Lipinski definition) is 2. The molecular weight excluding hydrogens is 328 g/mol. The lowest BCUT2D eigenvalue weighted by atomic mass is 10.0. The summed E-state index contributed by atoms with van der Waals surface area (Å²) < 4.78 is 1.00. The van der Waals surface area contributed by atoms with Gasteiger partial charge in [-0.25, -0.2) is 0 Å². The second kappa shape index (κ2) is 7.38. The van der Waals surface area contributed by atoms with Crippen LogP contribution in [0.4, 0.5) is 0 Å². The predicted molar refractivity (Wildman–Crippen MR) is 89.2 cm³/mol. The van der Waals surface area contributed by atoms with Crippen LogP contribution in [0, 0.1) is 0 Å². The summed E-state index contributed by atoms with van der Waals surface area (Å²) in [6, 6.07) is 15.5. The third-order valence-electron chi connectivity index (χ3n) is 3.37. The first-order valence-corrected chi connectivity index (χ1v) is 7.75. The van der Waals surface area contributed by atoms with E-state index < -0.39 is 0 Å². The van der Waals surface area contributed by atoms with Crippen LogP contribution in [0.3, 0.4) is 0 Å². The Balaban J connectivity index is 2.14. The van der Waals surface area contributed by atoms with E-state index in [1.165, 1.54) is 0 Å². The number of hydrogen-bond donors (Lipinski definition) is 2. The minimum absolute atomic E-state index is 0.0547. The largest absolute Gasteiger partial charge is 0.346 e. The lowest BCUT2D eigenvalue weighted by Crippen LogP contribution is -2.27. The van der Waals surface area contributed by atoms with Crippen LogP contribution in [0.15, 0.2) is 53.0 Å². The Hall–Kier alpha value is -1.65. The fraction of sp³-hybridized carbons (Fsp3) is 0.235. The zero-order valence-electron chi connectivity index (χ0n) is 12.0. The van der Waals surface area contributed by atoms with Crippen LogP contribution in [0.5, 0.6) is 0 Å². The number of nitrogens with two attached hydrogens (primary N) is 1. The molecule has 0 aliphatic carbocycles. The van der Waals surface area contributed by atoms with Crippen molar-refractivity contribution in [1.29, 1.82) is 0 Å². The molecule has 0 aliphatic heterocycles. The van der Waals surface area contributed by atoms with E-state index in [1.54, 1.807) is 0 Å². The average molecular weight is 347 g/mol. The maximum atomic E-state index is 12.4. The Morgan fingerprint density at radius 3 is 2.71 bits per heavy atom. The van der Waals surface area contributed by atoms with E-state index in [9.17, 15) is 4.79 Å². The topological polar surface area (TPSA) is 55.1 Å². The summed E-state index contributed by atoms with van der Waals surface area (Å²) in [5, 5.41) is 3.04. The van der Waals surface area contributed by atoms with Crippen LogP contribution in [0.25, 0.3) is 0 Å². The summed E-state index contributed by atoms with van der Waals surface area (Å²) in [6.45, 7) is 2.51. The third-order valence-corrected chi connectivity index (χ3v) is 3.87. The van der Waals surface area contributed by atoms with Gasteiger partial charge in [0.2, 0.25) is 0 Å². The molecule has 0 fully saturated rings. The summed E-state index contributed by atoms with van der Waals surface area (Å²) in [7, 11) is 0. The Kier molecular flexibility index (Phi) is 5.53. The molecule has 2 aromatic rings. The highest BCUT2D eigenvalue weighted by Crippen LogP contribution is 2.19. The van der Waals surface area contributed by atoms with E-state index >= 15 is 0 Å². The smallest absolute Gasteiger partial charge is 0.252 e. The van der Waals surface area contributed by atoms with Crippen molar-refractivity contribution in [3.63, 3.8) is 0 Å². The average Bonchev–Trinajstić information content (AvgIpc) is 2.48. The lowest BCUT2D eigenvalue weighted by molar-refractivity contribution is 0.0939. The van der Waals surface area contributed by atoms with Crippen molar-refractivity contribution in [3.8, 4) is 0 Å². The number of amides is 1. The molecule has 0 heterocycles. The van der Waals surface area contributed by atoms with Gasteiger partial charge >= 0.3 is 0 Å². The molecule has 2 rings (SSSR count). The van der Waals surface area contributed by atoms with Crippen LogP contribution in [-0.2, 0) is 6.42 Å². The van der Waals surface area contributed by atoms with E-state index in [4.69, 9.17) is 5.73 Å². The zero-order valence-corrected chi connectivity index (χ0v) is 13.6. The van der Waals surface area contributed by atoms with Gasteiger partial charge in [-0.3, -0.25) is 4.79 Å². The van der Waals surface area contributed by atoms with Gasteiger partial charge in [-0.15, -0.1) is 0 Å². The van der Waals surface area contributed by atoms with Crippen LogP contribution >= 0.6 is 15.9 Å². The fourth-order valence-electron chi connectivity index (χ4n) is 2.25. The maximum absolute atomic E-state index is 12.4. The first-order chi connectivity index (χ1) is 10.1. The molecule has 0 spiro atoms. The van der Waals surface area contributed by atoms with Crippen molar-refractivity contribution in [3.05, 3.63) is 69.7 Å². The molecular formula is C17H19BrN2O. The molecule has 0 aliphatic rings. The van der Waals surface area contributed by atoms with Gasteiger partial charge in [0.05, 0.1) is 6.04 Å². The van der Waals surface area contributed by atoms with Crippen molar-refractivity contribution in [1.82, 2.24) is 5.32 Å². The van der Waals surface area contributed by atoms with E-state index in [1.807, 2.05) is 55.5 Å². The quantitative estimate of drug-likeness (QED) is 0.871. The zero-order chi connectivity index (χ0) is 15.2. The van der Waals surface area contributed by atoms with Crippen LogP contribution in [-0.4, -0.2) is 12.5 Å². The number of carbonyl (C=O) groups is 1. The Morgan fingerprint density at radius 2 is 2.00 bits per heavy atom. The summed E-state index contributed by atoms with van der Waals surface area (Å²) >= 11 is 3.45. The molecule has 4 heteroatoms. The third kappa shape index (κ3) is 4.16. The summed E-state index contributed by atoms with van der Waals surface area (Å²) in [5.74, 6) is -0.0634. The van der Waals surface area contributed by atoms with Crippen molar-refractivity contribution in [2.24, 2.45) is 5.73 Å². The maximum Gasteiger partial charge on any atom is 0.252 e. The normalized spacial score (nSPS) is 12.0. The molecule has 21 heavy (non-hydrogen) atoms. The summed E-state index contributed by atoms with van der Waals surface area (Å²) in [5.41, 5.74) is 8.35. The van der Waals surface area contributed by atoms with E-state index in [-0.39, 0.29) is 11.9 Å². The number of rotatable bonds is 5. The Morgan fingerprint density at radius 1 is 1.24 bits per heavy atom. The number of halogens is 1. The highest BCUT2D eigenvalue weighted by atomic mass is 79.9. The van der Waals surface area contributed by atoms with E-state index in [2.05, 4.69) is 21.2 Å². The fourth-order valence-corrected chi connectivity index (χ4v) is 2.67. The molecule has 2 aromatic carbocycles. The van der Waals surface area contributed by atoms with Gasteiger partial charge in [0.1, 0.15) is 0 Å². The van der Waals surface area contributed by atoms with Crippen molar-refractivity contribution in [2.75, 3.05) is 6.54 Å². The molecule has 0 radical (unpaired) electrons. The van der Waals surface area contributed by atoms with Crippen molar-refractivity contribution < 1.29 is 4.79 Å². The van der Waals surface area contributed by atoms with Crippen molar-refractivity contribution >= 4 is 21.8 Å². The van der Waals surface area contributed by atoms with Gasteiger partial charge in [-0.1, -0.05) is 46.3 Å². The van der Waals surface area contributed by atoms with Gasteiger partial charge in [-0.2, -0.15) is 0 Å². The monoisotopic (exact) mass is 346 g/mol. The van der Waals surface area contributed by atoms with Crippen LogP contribution in [0.2, 0.25) is 0 Å². The number of benzene rings is 2. The number of nitrogens with one attached hydrogen (secondary N) is 1. The SMILES string of the molecule is C[C@@H](NC(=O)c1ccccc1CCN)c1cccc(Br)c1. The van der Waals surface area contributed by atoms with E-state index in [0.717, 1.165) is 15.6 Å². The Bertz CT molecular complexity index is 628. The molecule has 1 amide bonds. The molecule has 0 aromatic heterocycles. The van der Waals surface area contributed by atoms with Gasteiger partial charge in [-0.05, 0) is 49.2 Å². The second-order valence-electron chi connectivity index (χ2n) is 4.95. The summed E-state index contributed by atoms with van der Waals surface area (Å²) in [4.78, 5) is 12.4. The molecule has 0 unspecified atom stereocenters. The minimum Gasteiger partial charge on any atom is -0.346 e. The molecule has 0 bridgehead atoms. The second-order valence-corrected chi connectivity index (χ2v) is 5.86. The highest BCUT2D eigenvalue weighted by molar-refractivity contribution is 9.10. The number of carbonyl (C=O) groups excluding carboxylic acids is 1. The standard InChI is InChI=1S/C17H19BrN2O/c1-12(14-6-4-7-15(18)11-14)20-17(21)16-8-3-2-5-13(16)9-10-19/h2-8,11-12H,9-10,19H2,1H3,(H,20,21)/t12-/m1/s1. The molecule has 0 saturated carbocycles. The van der Waals surface area contributed by atoms with Gasteiger partial charge in [0, 0.05) is 10.0 Å². The van der Waals surface area contributed by atoms with Crippen LogP contribution in [0.1, 0.15) is 34.5 Å². The Labute approximate surface area is 133 Å². The predicted octanol–water partition coefficient (Wildman–Crippen LogP) is 3.44. The molecule has 110 valence electrons. The molecule has 3 nitrogen and oxygen atoms in total. The van der Waals surface area contributed by atoms with Gasteiger partial charge < -0.3 is 11.1 Å². The molecule has 1 atom stereocenters. The lowest BCUT2D eigenvalue weighted by Gasteiger charge is -2.16. The minimum atomic E-state index is -0.0634. The van der Waals surface area contributed by atoms with Crippen LogP contribution < -0.4 is 11.1 Å². The first kappa shape index (κ1) is 15.7. The molecule has 3 N–H and O–H groups in total. The molecule has 0 saturated heterocycles. The van der Waals surface area contributed by atoms with Crippen molar-refractivity contribution in [2.45, 2.75) is 19.4 Å². The van der Waals surface area contributed by atoms with Gasteiger partial charge in [0.25, 0.3) is 5.91 Å².